The minimum atomic E-state index is -3.87. The number of carbonyl (C=O) groups is 1. The molecule has 4 nitrogen and oxygen atoms in total. The molecule has 1 aliphatic rings. The summed E-state index contributed by atoms with van der Waals surface area (Å²) in [5, 5.41) is 0.446. The van der Waals surface area contributed by atoms with Gasteiger partial charge >= 0.3 is 5.97 Å². The smallest absolute Gasteiger partial charge is 0.333 e. The van der Waals surface area contributed by atoms with Crippen LogP contribution in [0, 0.1) is 0 Å². The molecule has 6 heteroatoms. The maximum Gasteiger partial charge on any atom is 0.333 e. The topological polar surface area (TPSA) is 60.4 Å². The second-order valence-electron chi connectivity index (χ2n) is 5.86. The summed E-state index contributed by atoms with van der Waals surface area (Å²) >= 11 is 5.84. The first-order chi connectivity index (χ1) is 11.5. The highest BCUT2D eigenvalue weighted by molar-refractivity contribution is 7.93. The maximum absolute atomic E-state index is 13.2. The highest BCUT2D eigenvalue weighted by Gasteiger charge is 2.54. The van der Waals surface area contributed by atoms with Crippen molar-refractivity contribution in [1.82, 2.24) is 0 Å². The third-order valence-electron chi connectivity index (χ3n) is 4.38. The van der Waals surface area contributed by atoms with E-state index < -0.39 is 20.6 Å². The van der Waals surface area contributed by atoms with Crippen LogP contribution in [0.15, 0.2) is 59.5 Å². The van der Waals surface area contributed by atoms with Crippen molar-refractivity contribution in [3.63, 3.8) is 0 Å². The Bertz CT molecular complexity index is 823. The van der Waals surface area contributed by atoms with E-state index in [0.29, 0.717) is 23.6 Å². The van der Waals surface area contributed by atoms with E-state index in [0.717, 1.165) is 0 Å². The molecule has 0 aromatic heterocycles. The number of halogens is 1. The second-order valence-corrected chi connectivity index (χ2v) is 8.56. The Kier molecular flexibility index (Phi) is 4.65. The number of para-hydroxylation sites is 1. The lowest BCUT2D eigenvalue weighted by Crippen LogP contribution is -2.46. The molecule has 0 heterocycles. The molecular formula is C18H17ClO4S. The predicted molar refractivity (Wildman–Crippen MR) is 91.9 cm³/mol. The van der Waals surface area contributed by atoms with Crippen molar-refractivity contribution < 1.29 is 17.9 Å². The van der Waals surface area contributed by atoms with E-state index in [-0.39, 0.29) is 17.7 Å². The van der Waals surface area contributed by atoms with Crippen LogP contribution in [0.5, 0.6) is 5.75 Å². The van der Waals surface area contributed by atoms with Gasteiger partial charge in [-0.25, -0.2) is 13.2 Å². The number of sulfone groups is 1. The molecule has 0 amide bonds. The van der Waals surface area contributed by atoms with Crippen LogP contribution in [-0.2, 0) is 14.6 Å². The minimum absolute atomic E-state index is 0.0961. The Morgan fingerprint density at radius 2 is 1.54 bits per heavy atom. The second kappa shape index (κ2) is 6.57. The van der Waals surface area contributed by atoms with E-state index in [1.54, 1.807) is 30.3 Å². The van der Waals surface area contributed by atoms with Gasteiger partial charge in [0, 0.05) is 5.02 Å². The summed E-state index contributed by atoms with van der Waals surface area (Å²) in [6.45, 7) is 0. The molecule has 0 atom stereocenters. The van der Waals surface area contributed by atoms with Crippen LogP contribution in [0.1, 0.15) is 25.7 Å². The third kappa shape index (κ3) is 2.94. The Morgan fingerprint density at radius 1 is 0.958 bits per heavy atom. The van der Waals surface area contributed by atoms with Crippen molar-refractivity contribution in [2.24, 2.45) is 0 Å². The molecule has 0 radical (unpaired) electrons. The molecule has 0 aliphatic heterocycles. The van der Waals surface area contributed by atoms with Crippen molar-refractivity contribution in [3.8, 4) is 5.75 Å². The van der Waals surface area contributed by atoms with Gasteiger partial charge in [-0.2, -0.15) is 0 Å². The fraction of sp³-hybridized carbons (Fsp3) is 0.278. The van der Waals surface area contributed by atoms with Gasteiger partial charge in [-0.3, -0.25) is 0 Å². The monoisotopic (exact) mass is 364 g/mol. The van der Waals surface area contributed by atoms with Crippen molar-refractivity contribution in [3.05, 3.63) is 59.6 Å². The number of rotatable bonds is 4. The number of carbonyl (C=O) groups excluding carboxylic acids is 1. The van der Waals surface area contributed by atoms with Gasteiger partial charge in [-0.15, -0.1) is 0 Å². The average Bonchev–Trinajstić information content (AvgIpc) is 3.08. The zero-order chi connectivity index (χ0) is 17.2. The predicted octanol–water partition coefficient (Wildman–Crippen LogP) is 4.03. The van der Waals surface area contributed by atoms with Crippen molar-refractivity contribution >= 4 is 27.4 Å². The number of hydrogen-bond acceptors (Lipinski definition) is 4. The summed E-state index contributed by atoms with van der Waals surface area (Å²) in [5.74, 6) is -0.360. The van der Waals surface area contributed by atoms with Crippen LogP contribution >= 0.6 is 11.6 Å². The molecule has 1 fully saturated rings. The minimum Gasteiger partial charge on any atom is -0.425 e. The fourth-order valence-electron chi connectivity index (χ4n) is 3.06. The third-order valence-corrected chi connectivity index (χ3v) is 7.12. The largest absolute Gasteiger partial charge is 0.425 e. The van der Waals surface area contributed by atoms with E-state index in [4.69, 9.17) is 16.3 Å². The summed E-state index contributed by atoms with van der Waals surface area (Å²) in [6, 6.07) is 14.4. The molecule has 0 N–H and O–H groups in total. The summed E-state index contributed by atoms with van der Waals surface area (Å²) in [7, 11) is -3.87. The summed E-state index contributed by atoms with van der Waals surface area (Å²) in [5.41, 5.74) is 0. The zero-order valence-corrected chi connectivity index (χ0v) is 14.5. The Hall–Kier alpha value is -1.85. The SMILES string of the molecule is O=C(Oc1ccccc1)C1(S(=O)(=O)c2ccc(Cl)cc2)CCCC1. The van der Waals surface area contributed by atoms with Gasteiger partial charge < -0.3 is 4.74 Å². The molecule has 0 spiro atoms. The van der Waals surface area contributed by atoms with E-state index in [2.05, 4.69) is 0 Å². The van der Waals surface area contributed by atoms with Gasteiger partial charge in [0.25, 0.3) is 0 Å². The Labute approximate surface area is 146 Å². The van der Waals surface area contributed by atoms with Crippen molar-refractivity contribution in [1.29, 1.82) is 0 Å². The highest BCUT2D eigenvalue weighted by atomic mass is 35.5. The summed E-state index contributed by atoms with van der Waals surface area (Å²) in [4.78, 5) is 12.9. The lowest BCUT2D eigenvalue weighted by Gasteiger charge is -2.26. The highest BCUT2D eigenvalue weighted by Crippen LogP contribution is 2.41. The first-order valence-corrected chi connectivity index (χ1v) is 9.59. The number of hydrogen-bond donors (Lipinski definition) is 0. The van der Waals surface area contributed by atoms with E-state index in [1.807, 2.05) is 0 Å². The number of esters is 1. The van der Waals surface area contributed by atoms with Crippen LogP contribution in [0.4, 0.5) is 0 Å². The molecule has 0 saturated heterocycles. The van der Waals surface area contributed by atoms with Gasteiger partial charge in [-0.1, -0.05) is 42.6 Å². The molecule has 3 rings (SSSR count). The van der Waals surface area contributed by atoms with E-state index >= 15 is 0 Å². The molecule has 0 bridgehead atoms. The lowest BCUT2D eigenvalue weighted by atomic mass is 10.1. The first-order valence-electron chi connectivity index (χ1n) is 7.73. The summed E-state index contributed by atoms with van der Waals surface area (Å²) in [6.07, 6.45) is 1.89. The Balaban J connectivity index is 1.98. The molecule has 2 aromatic rings. The van der Waals surface area contributed by atoms with Gasteiger partial charge in [0.15, 0.2) is 14.6 Å². The van der Waals surface area contributed by atoms with Crippen LogP contribution in [0.3, 0.4) is 0 Å². The van der Waals surface area contributed by atoms with Crippen LogP contribution < -0.4 is 4.74 Å². The van der Waals surface area contributed by atoms with Crippen LogP contribution in [0.2, 0.25) is 5.02 Å². The molecule has 126 valence electrons. The maximum atomic E-state index is 13.2. The zero-order valence-electron chi connectivity index (χ0n) is 12.9. The van der Waals surface area contributed by atoms with Gasteiger partial charge in [0.1, 0.15) is 5.75 Å². The van der Waals surface area contributed by atoms with Crippen LogP contribution in [-0.4, -0.2) is 19.1 Å². The molecule has 2 aromatic carbocycles. The van der Waals surface area contributed by atoms with Crippen molar-refractivity contribution in [2.45, 2.75) is 35.3 Å². The number of ether oxygens (including phenoxy) is 1. The van der Waals surface area contributed by atoms with Crippen LogP contribution in [0.25, 0.3) is 0 Å². The molecule has 1 aliphatic carbocycles. The molecule has 1 saturated carbocycles. The molecular weight excluding hydrogens is 348 g/mol. The average molecular weight is 365 g/mol. The molecule has 24 heavy (non-hydrogen) atoms. The van der Waals surface area contributed by atoms with Gasteiger partial charge in [-0.05, 0) is 49.2 Å². The normalized spacial score (nSPS) is 16.7. The van der Waals surface area contributed by atoms with Crippen molar-refractivity contribution in [2.75, 3.05) is 0 Å². The first kappa shape index (κ1) is 17.0. The van der Waals surface area contributed by atoms with E-state index in [9.17, 15) is 13.2 Å². The Morgan fingerprint density at radius 3 is 2.12 bits per heavy atom. The fourth-order valence-corrected chi connectivity index (χ4v) is 5.22. The number of benzene rings is 2. The quantitative estimate of drug-likeness (QED) is 0.607. The van der Waals surface area contributed by atoms with Gasteiger partial charge in [0.2, 0.25) is 0 Å². The van der Waals surface area contributed by atoms with Gasteiger partial charge in [0.05, 0.1) is 4.90 Å². The molecule has 0 unspecified atom stereocenters. The standard InChI is InChI=1S/C18H17ClO4S/c19-14-8-10-16(11-9-14)24(21,22)18(12-4-5-13-18)17(20)23-15-6-2-1-3-7-15/h1-3,6-11H,4-5,12-13H2. The van der Waals surface area contributed by atoms with E-state index in [1.165, 1.54) is 24.3 Å². The summed E-state index contributed by atoms with van der Waals surface area (Å²) < 4.78 is 30.2. The lowest BCUT2D eigenvalue weighted by molar-refractivity contribution is -0.137.